The molecule has 2 rings (SSSR count). The van der Waals surface area contributed by atoms with Gasteiger partial charge in [0.1, 0.15) is 5.75 Å². The Labute approximate surface area is 86.5 Å². The Bertz CT molecular complexity index is 310. The van der Waals surface area contributed by atoms with E-state index in [-0.39, 0.29) is 0 Å². The molecule has 0 radical (unpaired) electrons. The van der Waals surface area contributed by atoms with Crippen LogP contribution in [0.25, 0.3) is 0 Å². The summed E-state index contributed by atoms with van der Waals surface area (Å²) >= 11 is 3.46. The maximum atomic E-state index is 5.79. The SMILES string of the molecule is CCc1cncc(Br)c1OC1CC1. The first-order valence-electron chi connectivity index (χ1n) is 4.60. The smallest absolute Gasteiger partial charge is 0.140 e. The highest BCUT2D eigenvalue weighted by Gasteiger charge is 2.25. The Kier molecular flexibility index (Phi) is 2.54. The van der Waals surface area contributed by atoms with Crippen LogP contribution in [-0.4, -0.2) is 11.1 Å². The Morgan fingerprint density at radius 2 is 2.31 bits per heavy atom. The van der Waals surface area contributed by atoms with Gasteiger partial charge >= 0.3 is 0 Å². The van der Waals surface area contributed by atoms with E-state index in [1.54, 1.807) is 6.20 Å². The van der Waals surface area contributed by atoms with Crippen LogP contribution in [0.4, 0.5) is 0 Å². The zero-order valence-corrected chi connectivity index (χ0v) is 9.17. The largest absolute Gasteiger partial charge is 0.489 e. The number of hydrogen-bond donors (Lipinski definition) is 0. The molecule has 0 amide bonds. The van der Waals surface area contributed by atoms with Gasteiger partial charge in [0.15, 0.2) is 0 Å². The fourth-order valence-corrected chi connectivity index (χ4v) is 1.67. The summed E-state index contributed by atoms with van der Waals surface area (Å²) in [5, 5.41) is 0. The minimum absolute atomic E-state index is 0.448. The van der Waals surface area contributed by atoms with Crippen molar-refractivity contribution in [3.8, 4) is 5.75 Å². The molecule has 70 valence electrons. The molecule has 0 N–H and O–H groups in total. The number of ether oxygens (including phenoxy) is 1. The van der Waals surface area contributed by atoms with E-state index >= 15 is 0 Å². The van der Waals surface area contributed by atoms with Crippen molar-refractivity contribution in [3.05, 3.63) is 22.4 Å². The summed E-state index contributed by atoms with van der Waals surface area (Å²) in [6.45, 7) is 2.11. The molecule has 1 aromatic heterocycles. The van der Waals surface area contributed by atoms with Crippen LogP contribution < -0.4 is 4.74 Å². The van der Waals surface area contributed by atoms with Crippen LogP contribution in [0.2, 0.25) is 0 Å². The van der Waals surface area contributed by atoms with E-state index in [4.69, 9.17) is 4.74 Å². The van der Waals surface area contributed by atoms with Crippen molar-refractivity contribution in [3.63, 3.8) is 0 Å². The van der Waals surface area contributed by atoms with Gasteiger partial charge < -0.3 is 4.74 Å². The molecule has 1 aromatic rings. The van der Waals surface area contributed by atoms with E-state index in [9.17, 15) is 0 Å². The fraction of sp³-hybridized carbons (Fsp3) is 0.500. The lowest BCUT2D eigenvalue weighted by Gasteiger charge is -2.10. The Balaban J connectivity index is 2.27. The van der Waals surface area contributed by atoms with Crippen molar-refractivity contribution in [1.82, 2.24) is 4.98 Å². The van der Waals surface area contributed by atoms with E-state index < -0.39 is 0 Å². The molecule has 3 heteroatoms. The molecule has 2 nitrogen and oxygen atoms in total. The lowest BCUT2D eigenvalue weighted by atomic mass is 10.2. The normalized spacial score (nSPS) is 15.8. The van der Waals surface area contributed by atoms with Crippen molar-refractivity contribution in [2.75, 3.05) is 0 Å². The summed E-state index contributed by atoms with van der Waals surface area (Å²) in [5.41, 5.74) is 1.18. The van der Waals surface area contributed by atoms with Gasteiger partial charge in [-0.1, -0.05) is 6.92 Å². The standard InChI is InChI=1S/C10H12BrNO/c1-2-7-5-12-6-9(11)10(7)13-8-3-4-8/h5-6,8H,2-4H2,1H3. The molecule has 1 aliphatic rings. The van der Waals surface area contributed by atoms with Gasteiger partial charge in [-0.3, -0.25) is 4.98 Å². The molecule has 0 spiro atoms. The molecule has 1 aliphatic carbocycles. The molecule has 0 saturated heterocycles. The van der Waals surface area contributed by atoms with Crippen LogP contribution in [0.15, 0.2) is 16.9 Å². The van der Waals surface area contributed by atoms with Gasteiger partial charge in [-0.05, 0) is 35.2 Å². The third-order valence-corrected chi connectivity index (χ3v) is 2.68. The van der Waals surface area contributed by atoms with Gasteiger partial charge in [-0.15, -0.1) is 0 Å². The zero-order valence-electron chi connectivity index (χ0n) is 7.59. The minimum Gasteiger partial charge on any atom is -0.489 e. The second kappa shape index (κ2) is 3.66. The molecular weight excluding hydrogens is 230 g/mol. The summed E-state index contributed by atoms with van der Waals surface area (Å²) in [6.07, 6.45) is 7.47. The quantitative estimate of drug-likeness (QED) is 0.812. The van der Waals surface area contributed by atoms with E-state index in [0.29, 0.717) is 6.10 Å². The number of nitrogens with zero attached hydrogens (tertiary/aromatic N) is 1. The second-order valence-electron chi connectivity index (χ2n) is 3.28. The first-order valence-corrected chi connectivity index (χ1v) is 5.39. The first kappa shape index (κ1) is 9.00. The van der Waals surface area contributed by atoms with Gasteiger partial charge in [0, 0.05) is 18.0 Å². The summed E-state index contributed by atoms with van der Waals surface area (Å²) in [6, 6.07) is 0. The molecule has 0 bridgehead atoms. The average molecular weight is 242 g/mol. The van der Waals surface area contributed by atoms with Gasteiger partial charge in [0.2, 0.25) is 0 Å². The maximum absolute atomic E-state index is 5.79. The number of hydrogen-bond acceptors (Lipinski definition) is 2. The molecule has 1 fully saturated rings. The molecule has 0 unspecified atom stereocenters. The maximum Gasteiger partial charge on any atom is 0.140 e. The van der Waals surface area contributed by atoms with E-state index in [0.717, 1.165) is 16.6 Å². The van der Waals surface area contributed by atoms with Gasteiger partial charge in [0.05, 0.1) is 10.6 Å². The van der Waals surface area contributed by atoms with Gasteiger partial charge in [0.25, 0.3) is 0 Å². The predicted octanol–water partition coefficient (Wildman–Crippen LogP) is 2.95. The molecule has 1 saturated carbocycles. The Hall–Kier alpha value is -0.570. The van der Waals surface area contributed by atoms with E-state index in [1.165, 1.54) is 18.4 Å². The van der Waals surface area contributed by atoms with Crippen LogP contribution in [-0.2, 0) is 6.42 Å². The monoisotopic (exact) mass is 241 g/mol. The third-order valence-electron chi connectivity index (χ3n) is 2.12. The highest BCUT2D eigenvalue weighted by Crippen LogP contribution is 2.34. The summed E-state index contributed by atoms with van der Waals surface area (Å²) in [7, 11) is 0. The van der Waals surface area contributed by atoms with Crippen LogP contribution in [0, 0.1) is 0 Å². The topological polar surface area (TPSA) is 22.1 Å². The first-order chi connectivity index (χ1) is 6.31. The lowest BCUT2D eigenvalue weighted by Crippen LogP contribution is -2.00. The number of rotatable bonds is 3. The van der Waals surface area contributed by atoms with Gasteiger partial charge in [-0.25, -0.2) is 0 Å². The van der Waals surface area contributed by atoms with Crippen molar-refractivity contribution in [2.45, 2.75) is 32.3 Å². The lowest BCUT2D eigenvalue weighted by molar-refractivity contribution is 0.298. The molecule has 0 atom stereocenters. The van der Waals surface area contributed by atoms with Crippen molar-refractivity contribution in [1.29, 1.82) is 0 Å². The molecular formula is C10H12BrNO. The number of aryl methyl sites for hydroxylation is 1. The van der Waals surface area contributed by atoms with Crippen molar-refractivity contribution < 1.29 is 4.74 Å². The number of pyridine rings is 1. The second-order valence-corrected chi connectivity index (χ2v) is 4.13. The number of aromatic nitrogens is 1. The summed E-state index contributed by atoms with van der Waals surface area (Å²) < 4.78 is 6.76. The van der Waals surface area contributed by atoms with Crippen LogP contribution >= 0.6 is 15.9 Å². The average Bonchev–Trinajstić information content (AvgIpc) is 2.92. The van der Waals surface area contributed by atoms with Crippen LogP contribution in [0.5, 0.6) is 5.75 Å². The molecule has 0 aromatic carbocycles. The summed E-state index contributed by atoms with van der Waals surface area (Å²) in [4.78, 5) is 4.12. The highest BCUT2D eigenvalue weighted by molar-refractivity contribution is 9.10. The highest BCUT2D eigenvalue weighted by atomic mass is 79.9. The summed E-state index contributed by atoms with van der Waals surface area (Å²) in [5.74, 6) is 0.986. The van der Waals surface area contributed by atoms with Crippen molar-refractivity contribution in [2.24, 2.45) is 0 Å². The Morgan fingerprint density at radius 1 is 1.54 bits per heavy atom. The molecule has 13 heavy (non-hydrogen) atoms. The van der Waals surface area contributed by atoms with E-state index in [1.807, 2.05) is 6.20 Å². The Morgan fingerprint density at radius 3 is 2.92 bits per heavy atom. The van der Waals surface area contributed by atoms with Crippen LogP contribution in [0.1, 0.15) is 25.3 Å². The molecule has 0 aliphatic heterocycles. The third kappa shape index (κ3) is 2.02. The van der Waals surface area contributed by atoms with Crippen molar-refractivity contribution >= 4 is 15.9 Å². The number of halogens is 1. The van der Waals surface area contributed by atoms with E-state index in [2.05, 4.69) is 27.8 Å². The molecule has 1 heterocycles. The van der Waals surface area contributed by atoms with Gasteiger partial charge in [-0.2, -0.15) is 0 Å². The fourth-order valence-electron chi connectivity index (χ4n) is 1.20. The minimum atomic E-state index is 0.448. The zero-order chi connectivity index (χ0) is 9.26. The van der Waals surface area contributed by atoms with Crippen LogP contribution in [0.3, 0.4) is 0 Å². The predicted molar refractivity (Wildman–Crippen MR) is 55.0 cm³/mol.